The normalized spacial score (nSPS) is 10.2. The number of nitrogens with zero attached hydrogens (tertiary/aromatic N) is 1. The van der Waals surface area contributed by atoms with E-state index in [0.717, 1.165) is 16.9 Å². The Hall–Kier alpha value is -1.88. The molecule has 1 aromatic carbocycles. The van der Waals surface area contributed by atoms with Gasteiger partial charge < -0.3 is 9.84 Å². The van der Waals surface area contributed by atoms with Gasteiger partial charge >= 0.3 is 5.97 Å². The molecule has 1 N–H and O–H groups in total. The molecule has 1 aromatic heterocycles. The van der Waals surface area contributed by atoms with Gasteiger partial charge in [0, 0.05) is 0 Å². The highest BCUT2D eigenvalue weighted by molar-refractivity contribution is 7.13. The summed E-state index contributed by atoms with van der Waals surface area (Å²) in [6.07, 6.45) is 0. The number of rotatable bonds is 3. The number of benzene rings is 1. The van der Waals surface area contributed by atoms with Gasteiger partial charge in [0.05, 0.1) is 17.5 Å². The van der Waals surface area contributed by atoms with Gasteiger partial charge in [0.25, 0.3) is 0 Å². The minimum absolute atomic E-state index is 0.0968. The molecule has 0 unspecified atom stereocenters. The number of carboxylic acids is 1. The Morgan fingerprint density at radius 2 is 2.24 bits per heavy atom. The van der Waals surface area contributed by atoms with E-state index in [-0.39, 0.29) is 5.69 Å². The van der Waals surface area contributed by atoms with E-state index in [1.54, 1.807) is 12.6 Å². The van der Waals surface area contributed by atoms with Gasteiger partial charge in [-0.15, -0.1) is 11.3 Å². The minimum atomic E-state index is -1.00. The second-order valence-electron chi connectivity index (χ2n) is 3.52. The Balaban J connectivity index is 2.50. The smallest absolute Gasteiger partial charge is 0.356 e. The van der Waals surface area contributed by atoms with Crippen molar-refractivity contribution in [2.24, 2.45) is 0 Å². The summed E-state index contributed by atoms with van der Waals surface area (Å²) < 4.78 is 5.17. The molecular formula is C12H11NO3S. The third-order valence-electron chi connectivity index (χ3n) is 2.43. The summed E-state index contributed by atoms with van der Waals surface area (Å²) in [5.41, 5.74) is 3.45. The lowest BCUT2D eigenvalue weighted by Gasteiger charge is -2.06. The third kappa shape index (κ3) is 2.14. The van der Waals surface area contributed by atoms with Crippen LogP contribution in [0.25, 0.3) is 10.4 Å². The van der Waals surface area contributed by atoms with Crippen LogP contribution in [0, 0.1) is 6.92 Å². The lowest BCUT2D eigenvalue weighted by atomic mass is 10.1. The van der Waals surface area contributed by atoms with Crippen LogP contribution in [0.3, 0.4) is 0 Å². The van der Waals surface area contributed by atoms with Crippen molar-refractivity contribution in [1.29, 1.82) is 0 Å². The first-order chi connectivity index (χ1) is 8.13. The van der Waals surface area contributed by atoms with Gasteiger partial charge in [0.2, 0.25) is 0 Å². The first-order valence-corrected chi connectivity index (χ1v) is 5.83. The van der Waals surface area contributed by atoms with Crippen molar-refractivity contribution in [3.05, 3.63) is 35.0 Å². The first kappa shape index (κ1) is 11.6. The van der Waals surface area contributed by atoms with Crippen LogP contribution in [0.4, 0.5) is 0 Å². The number of ether oxygens (including phenoxy) is 1. The van der Waals surface area contributed by atoms with Gasteiger partial charge in [0.15, 0.2) is 5.69 Å². The van der Waals surface area contributed by atoms with Gasteiger partial charge in [-0.25, -0.2) is 9.78 Å². The Kier molecular flexibility index (Phi) is 3.10. The molecule has 0 fully saturated rings. The molecule has 0 saturated heterocycles. The molecule has 0 aliphatic heterocycles. The SMILES string of the molecule is COc1ccc(-c2scnc2C(=O)O)cc1C. The second kappa shape index (κ2) is 4.55. The quantitative estimate of drug-likeness (QED) is 0.908. The molecule has 4 nitrogen and oxygen atoms in total. The zero-order chi connectivity index (χ0) is 12.4. The molecule has 17 heavy (non-hydrogen) atoms. The van der Waals surface area contributed by atoms with Crippen LogP contribution in [0.2, 0.25) is 0 Å². The highest BCUT2D eigenvalue weighted by Crippen LogP contribution is 2.31. The molecule has 2 rings (SSSR count). The monoisotopic (exact) mass is 249 g/mol. The van der Waals surface area contributed by atoms with Crippen molar-refractivity contribution >= 4 is 17.3 Å². The number of aryl methyl sites for hydroxylation is 1. The summed E-state index contributed by atoms with van der Waals surface area (Å²) in [6, 6.07) is 5.57. The number of hydrogen-bond donors (Lipinski definition) is 1. The van der Waals surface area contributed by atoms with Crippen molar-refractivity contribution in [3.8, 4) is 16.2 Å². The summed E-state index contributed by atoms with van der Waals surface area (Å²) in [6.45, 7) is 1.92. The number of methoxy groups -OCH3 is 1. The van der Waals surface area contributed by atoms with Crippen molar-refractivity contribution in [2.45, 2.75) is 6.92 Å². The molecule has 0 amide bonds. The highest BCUT2D eigenvalue weighted by atomic mass is 32.1. The highest BCUT2D eigenvalue weighted by Gasteiger charge is 2.15. The number of aromatic carboxylic acids is 1. The van der Waals surface area contributed by atoms with E-state index < -0.39 is 5.97 Å². The van der Waals surface area contributed by atoms with E-state index >= 15 is 0 Å². The minimum Gasteiger partial charge on any atom is -0.496 e. The summed E-state index contributed by atoms with van der Waals surface area (Å²) >= 11 is 1.32. The Morgan fingerprint density at radius 1 is 1.47 bits per heavy atom. The third-order valence-corrected chi connectivity index (χ3v) is 3.30. The van der Waals surface area contributed by atoms with Crippen LogP contribution in [-0.4, -0.2) is 23.2 Å². The molecular weight excluding hydrogens is 238 g/mol. The summed E-state index contributed by atoms with van der Waals surface area (Å²) in [5.74, 6) is -0.218. The lowest BCUT2D eigenvalue weighted by molar-refractivity contribution is 0.0692. The maximum Gasteiger partial charge on any atom is 0.356 e. The van der Waals surface area contributed by atoms with Gasteiger partial charge in [-0.2, -0.15) is 0 Å². The van der Waals surface area contributed by atoms with Gasteiger partial charge in [-0.1, -0.05) is 0 Å². The molecule has 0 aliphatic carbocycles. The topological polar surface area (TPSA) is 59.4 Å². The van der Waals surface area contributed by atoms with Gasteiger partial charge in [-0.3, -0.25) is 0 Å². The predicted molar refractivity (Wildman–Crippen MR) is 65.8 cm³/mol. The number of hydrogen-bond acceptors (Lipinski definition) is 4. The van der Waals surface area contributed by atoms with Crippen LogP contribution in [0.15, 0.2) is 23.7 Å². The Morgan fingerprint density at radius 3 is 2.82 bits per heavy atom. The molecule has 5 heteroatoms. The van der Waals surface area contributed by atoms with Gasteiger partial charge in [0.1, 0.15) is 5.75 Å². The molecule has 2 aromatic rings. The van der Waals surface area contributed by atoms with E-state index in [4.69, 9.17) is 9.84 Å². The standard InChI is InChI=1S/C12H11NO3S/c1-7-5-8(3-4-9(7)16-2)11-10(12(14)15)13-6-17-11/h3-6H,1-2H3,(H,14,15). The van der Waals surface area contributed by atoms with E-state index in [2.05, 4.69) is 4.98 Å². The first-order valence-electron chi connectivity index (χ1n) is 4.95. The second-order valence-corrected chi connectivity index (χ2v) is 4.37. The molecule has 0 spiro atoms. The zero-order valence-corrected chi connectivity index (χ0v) is 10.2. The number of thiazole rings is 1. The average molecular weight is 249 g/mol. The number of carbonyl (C=O) groups is 1. The van der Waals surface area contributed by atoms with Crippen LogP contribution in [0.5, 0.6) is 5.75 Å². The van der Waals surface area contributed by atoms with Crippen molar-refractivity contribution in [3.63, 3.8) is 0 Å². The van der Waals surface area contributed by atoms with E-state index in [0.29, 0.717) is 4.88 Å². The average Bonchev–Trinajstić information content (AvgIpc) is 2.77. The van der Waals surface area contributed by atoms with E-state index in [1.807, 2.05) is 25.1 Å². The van der Waals surface area contributed by atoms with Crippen LogP contribution in [-0.2, 0) is 0 Å². The van der Waals surface area contributed by atoms with Crippen LogP contribution in [0.1, 0.15) is 16.1 Å². The summed E-state index contributed by atoms with van der Waals surface area (Å²) in [5, 5.41) is 9.01. The Bertz CT molecular complexity index is 563. The van der Waals surface area contributed by atoms with E-state index in [9.17, 15) is 4.79 Å². The molecule has 1 heterocycles. The molecule has 0 atom stereocenters. The lowest BCUT2D eigenvalue weighted by Crippen LogP contribution is -1.98. The van der Waals surface area contributed by atoms with Crippen molar-refractivity contribution < 1.29 is 14.6 Å². The zero-order valence-electron chi connectivity index (χ0n) is 9.43. The summed E-state index contributed by atoms with van der Waals surface area (Å²) in [4.78, 5) is 15.5. The fourth-order valence-corrected chi connectivity index (χ4v) is 2.40. The largest absolute Gasteiger partial charge is 0.496 e. The maximum absolute atomic E-state index is 11.0. The molecule has 88 valence electrons. The fraction of sp³-hybridized carbons (Fsp3) is 0.167. The number of aromatic nitrogens is 1. The Labute approximate surface area is 103 Å². The maximum atomic E-state index is 11.0. The molecule has 0 radical (unpaired) electrons. The molecule has 0 aliphatic rings. The number of carboxylic acid groups (broad SMARTS) is 1. The van der Waals surface area contributed by atoms with Crippen LogP contribution >= 0.6 is 11.3 Å². The fourth-order valence-electron chi connectivity index (χ4n) is 1.62. The summed E-state index contributed by atoms with van der Waals surface area (Å²) in [7, 11) is 1.61. The predicted octanol–water partition coefficient (Wildman–Crippen LogP) is 2.83. The molecule has 0 bridgehead atoms. The van der Waals surface area contributed by atoms with Crippen LogP contribution < -0.4 is 4.74 Å². The van der Waals surface area contributed by atoms with Crippen molar-refractivity contribution in [1.82, 2.24) is 4.98 Å². The van der Waals surface area contributed by atoms with E-state index in [1.165, 1.54) is 11.3 Å². The van der Waals surface area contributed by atoms with Gasteiger partial charge in [-0.05, 0) is 36.2 Å². The van der Waals surface area contributed by atoms with Crippen molar-refractivity contribution in [2.75, 3.05) is 7.11 Å². The molecule has 0 saturated carbocycles.